The van der Waals surface area contributed by atoms with Crippen molar-refractivity contribution >= 4 is 11.6 Å². The molecule has 0 amide bonds. The Kier molecular flexibility index (Phi) is 2.87. The molecular weight excluding hydrogens is 210 g/mol. The lowest BCUT2D eigenvalue weighted by atomic mass is 9.80. The molecule has 82 valence electrons. The molecule has 0 spiro atoms. The van der Waals surface area contributed by atoms with Gasteiger partial charge in [-0.2, -0.15) is 0 Å². The van der Waals surface area contributed by atoms with E-state index in [1.165, 1.54) is 12.0 Å². The Morgan fingerprint density at radius 1 is 1.53 bits per heavy atom. The van der Waals surface area contributed by atoms with Crippen molar-refractivity contribution in [2.45, 2.75) is 33.1 Å². The number of rotatable bonds is 1. The number of hydrogen-bond donors (Lipinski definition) is 1. The molecular formula is C12H16ClNO. The Morgan fingerprint density at radius 3 is 2.93 bits per heavy atom. The third-order valence-electron chi connectivity index (χ3n) is 3.30. The molecule has 0 fully saturated rings. The number of hydrogen-bond acceptors (Lipinski definition) is 2. The first-order valence-corrected chi connectivity index (χ1v) is 5.83. The molecule has 0 bridgehead atoms. The smallest absolute Gasteiger partial charge is 0.171 e. The molecule has 1 aromatic heterocycles. The molecule has 1 atom stereocenters. The minimum Gasteiger partial charge on any atom is -0.505 e. The van der Waals surface area contributed by atoms with Gasteiger partial charge in [-0.15, -0.1) is 0 Å². The third-order valence-corrected chi connectivity index (χ3v) is 3.58. The van der Waals surface area contributed by atoms with Crippen LogP contribution in [0.25, 0.3) is 0 Å². The Labute approximate surface area is 95.3 Å². The van der Waals surface area contributed by atoms with Crippen molar-refractivity contribution in [3.8, 4) is 5.75 Å². The highest BCUT2D eigenvalue weighted by atomic mass is 35.5. The summed E-state index contributed by atoms with van der Waals surface area (Å²) in [6.07, 6.45) is 3.18. The van der Waals surface area contributed by atoms with Gasteiger partial charge in [-0.05, 0) is 42.7 Å². The fraction of sp³-hybridized carbons (Fsp3) is 0.583. The zero-order chi connectivity index (χ0) is 11.0. The zero-order valence-corrected chi connectivity index (χ0v) is 9.88. The summed E-state index contributed by atoms with van der Waals surface area (Å²) in [5.74, 6) is 1.51. The topological polar surface area (TPSA) is 33.1 Å². The summed E-state index contributed by atoms with van der Waals surface area (Å²) in [5.41, 5.74) is 2.23. The first-order chi connectivity index (χ1) is 7.08. The minimum absolute atomic E-state index is 0.111. The van der Waals surface area contributed by atoms with Gasteiger partial charge in [0.2, 0.25) is 0 Å². The van der Waals surface area contributed by atoms with Gasteiger partial charge in [0.25, 0.3) is 0 Å². The van der Waals surface area contributed by atoms with Crippen LogP contribution in [0.3, 0.4) is 0 Å². The highest BCUT2D eigenvalue weighted by Gasteiger charge is 2.23. The largest absolute Gasteiger partial charge is 0.505 e. The van der Waals surface area contributed by atoms with Crippen molar-refractivity contribution in [1.29, 1.82) is 0 Å². The van der Waals surface area contributed by atoms with Crippen molar-refractivity contribution in [1.82, 2.24) is 4.98 Å². The normalized spacial score (nSPS) is 20.4. The highest BCUT2D eigenvalue weighted by molar-refractivity contribution is 6.30. The van der Waals surface area contributed by atoms with Crippen LogP contribution < -0.4 is 0 Å². The Morgan fingerprint density at radius 2 is 2.27 bits per heavy atom. The van der Waals surface area contributed by atoms with Crippen molar-refractivity contribution in [2.75, 3.05) is 0 Å². The van der Waals surface area contributed by atoms with Crippen LogP contribution in [0.5, 0.6) is 5.75 Å². The van der Waals surface area contributed by atoms with Crippen molar-refractivity contribution in [2.24, 2.45) is 11.8 Å². The number of aryl methyl sites for hydroxylation is 1. The fourth-order valence-electron chi connectivity index (χ4n) is 2.22. The van der Waals surface area contributed by atoms with E-state index in [1.807, 2.05) is 0 Å². The summed E-state index contributed by atoms with van der Waals surface area (Å²) in [6, 6.07) is 1.78. The summed E-state index contributed by atoms with van der Waals surface area (Å²) in [6.45, 7) is 4.50. The molecule has 1 aliphatic carbocycles. The Hall–Kier alpha value is -0.760. The molecule has 15 heavy (non-hydrogen) atoms. The van der Waals surface area contributed by atoms with Gasteiger partial charge in [0, 0.05) is 5.69 Å². The van der Waals surface area contributed by atoms with Crippen molar-refractivity contribution in [3.05, 3.63) is 22.5 Å². The molecule has 0 aromatic carbocycles. The molecule has 0 radical (unpaired) electrons. The Balaban J connectivity index is 2.30. The predicted octanol–water partition coefficient (Wildman–Crippen LogP) is 3.20. The van der Waals surface area contributed by atoms with E-state index in [0.717, 1.165) is 18.5 Å². The lowest BCUT2D eigenvalue weighted by molar-refractivity contribution is 0.339. The maximum atomic E-state index is 9.51. The molecule has 1 heterocycles. The number of aromatic nitrogens is 1. The summed E-state index contributed by atoms with van der Waals surface area (Å²) in [7, 11) is 0. The maximum absolute atomic E-state index is 9.51. The fourth-order valence-corrected chi connectivity index (χ4v) is 2.38. The van der Waals surface area contributed by atoms with Crippen LogP contribution in [0.2, 0.25) is 5.15 Å². The molecule has 0 saturated carbocycles. The average Bonchev–Trinajstić information content (AvgIpc) is 2.19. The van der Waals surface area contributed by atoms with Crippen LogP contribution in [0.4, 0.5) is 0 Å². The van der Waals surface area contributed by atoms with Gasteiger partial charge < -0.3 is 5.11 Å². The second-order valence-corrected chi connectivity index (χ2v) is 5.01. The number of fused-ring (bicyclic) bond motifs is 1. The van der Waals surface area contributed by atoms with E-state index in [9.17, 15) is 5.11 Å². The van der Waals surface area contributed by atoms with E-state index < -0.39 is 0 Å². The third kappa shape index (κ3) is 2.10. The van der Waals surface area contributed by atoms with E-state index in [2.05, 4.69) is 18.8 Å². The molecule has 0 aliphatic heterocycles. The molecule has 1 N–H and O–H groups in total. The predicted molar refractivity (Wildman–Crippen MR) is 61.3 cm³/mol. The van der Waals surface area contributed by atoms with Gasteiger partial charge in [0.1, 0.15) is 0 Å². The van der Waals surface area contributed by atoms with Gasteiger partial charge in [-0.1, -0.05) is 25.4 Å². The van der Waals surface area contributed by atoms with E-state index in [0.29, 0.717) is 11.8 Å². The van der Waals surface area contributed by atoms with E-state index in [4.69, 9.17) is 11.6 Å². The Bertz CT molecular complexity index is 376. The first-order valence-electron chi connectivity index (χ1n) is 5.45. The van der Waals surface area contributed by atoms with Crippen LogP contribution >= 0.6 is 11.6 Å². The van der Waals surface area contributed by atoms with Gasteiger partial charge in [-0.3, -0.25) is 0 Å². The van der Waals surface area contributed by atoms with Crippen LogP contribution in [-0.2, 0) is 12.8 Å². The van der Waals surface area contributed by atoms with Crippen LogP contribution in [0, 0.1) is 11.8 Å². The van der Waals surface area contributed by atoms with Crippen molar-refractivity contribution < 1.29 is 5.11 Å². The maximum Gasteiger partial charge on any atom is 0.171 e. The van der Waals surface area contributed by atoms with Gasteiger partial charge in [0.15, 0.2) is 10.9 Å². The summed E-state index contributed by atoms with van der Waals surface area (Å²) >= 11 is 5.78. The average molecular weight is 226 g/mol. The number of halogens is 1. The van der Waals surface area contributed by atoms with Crippen LogP contribution in [0.1, 0.15) is 31.5 Å². The second kappa shape index (κ2) is 4.01. The van der Waals surface area contributed by atoms with E-state index >= 15 is 0 Å². The molecule has 1 aliphatic rings. The molecule has 1 aromatic rings. The molecule has 2 nitrogen and oxygen atoms in total. The summed E-state index contributed by atoms with van der Waals surface area (Å²) < 4.78 is 0. The summed E-state index contributed by atoms with van der Waals surface area (Å²) in [5, 5.41) is 9.74. The zero-order valence-electron chi connectivity index (χ0n) is 9.13. The van der Waals surface area contributed by atoms with Gasteiger partial charge in [0.05, 0.1) is 0 Å². The molecule has 1 unspecified atom stereocenters. The van der Waals surface area contributed by atoms with E-state index in [1.54, 1.807) is 6.07 Å². The lowest BCUT2D eigenvalue weighted by Gasteiger charge is -2.26. The SMILES string of the molecule is CC(C)C1CCc2nc(Cl)c(O)cc2C1. The second-order valence-electron chi connectivity index (χ2n) is 4.65. The highest BCUT2D eigenvalue weighted by Crippen LogP contribution is 2.33. The number of pyridine rings is 1. The van der Waals surface area contributed by atoms with E-state index in [-0.39, 0.29) is 10.9 Å². The first kappa shape index (κ1) is 10.7. The minimum atomic E-state index is 0.111. The molecule has 2 rings (SSSR count). The van der Waals surface area contributed by atoms with Crippen molar-refractivity contribution in [3.63, 3.8) is 0 Å². The number of aromatic hydroxyl groups is 1. The molecule has 0 saturated heterocycles. The number of nitrogens with zero attached hydrogens (tertiary/aromatic N) is 1. The van der Waals surface area contributed by atoms with Crippen LogP contribution in [-0.4, -0.2) is 10.1 Å². The lowest BCUT2D eigenvalue weighted by Crippen LogP contribution is -2.19. The van der Waals surface area contributed by atoms with Gasteiger partial charge in [-0.25, -0.2) is 4.98 Å². The standard InChI is InChI=1S/C12H16ClNO/c1-7(2)8-3-4-10-9(5-8)6-11(15)12(13)14-10/h6-8,15H,3-5H2,1-2H3. The quantitative estimate of drug-likeness (QED) is 0.745. The van der Waals surface area contributed by atoms with Crippen LogP contribution in [0.15, 0.2) is 6.07 Å². The van der Waals surface area contributed by atoms with Gasteiger partial charge >= 0.3 is 0 Å². The monoisotopic (exact) mass is 225 g/mol. The molecule has 3 heteroatoms. The summed E-state index contributed by atoms with van der Waals surface area (Å²) in [4.78, 5) is 4.22.